The van der Waals surface area contributed by atoms with Crippen LogP contribution in [0, 0.1) is 5.92 Å². The number of nitrogens with zero attached hydrogens (tertiary/aromatic N) is 5. The molecule has 0 saturated carbocycles. The van der Waals surface area contributed by atoms with Gasteiger partial charge in [-0.2, -0.15) is 5.10 Å². The van der Waals surface area contributed by atoms with Crippen LogP contribution in [0.2, 0.25) is 0 Å². The maximum Gasteiger partial charge on any atom is 0.163 e. The Hall–Kier alpha value is -1.69. The first kappa shape index (κ1) is 16.8. The first-order chi connectivity index (χ1) is 12.2. The molecule has 2 atom stereocenters. The second-order valence-corrected chi connectivity index (χ2v) is 7.92. The van der Waals surface area contributed by atoms with E-state index in [9.17, 15) is 0 Å². The van der Waals surface area contributed by atoms with Gasteiger partial charge in [0.1, 0.15) is 12.1 Å². The molecule has 0 spiro atoms. The van der Waals surface area contributed by atoms with Crippen molar-refractivity contribution in [3.05, 3.63) is 12.0 Å². The highest BCUT2D eigenvalue weighted by atomic mass is 15.3. The van der Waals surface area contributed by atoms with Gasteiger partial charge >= 0.3 is 0 Å². The van der Waals surface area contributed by atoms with Crippen molar-refractivity contribution in [3.63, 3.8) is 0 Å². The van der Waals surface area contributed by atoms with Gasteiger partial charge in [-0.3, -0.25) is 0 Å². The van der Waals surface area contributed by atoms with Crippen molar-refractivity contribution in [2.45, 2.75) is 71.5 Å². The predicted octanol–water partition coefficient (Wildman–Crippen LogP) is 2.77. The van der Waals surface area contributed by atoms with Crippen molar-refractivity contribution >= 4 is 16.9 Å². The van der Waals surface area contributed by atoms with Crippen LogP contribution in [0.4, 0.5) is 5.82 Å². The number of rotatable bonds is 6. The molecule has 2 aliphatic rings. The highest BCUT2D eigenvalue weighted by Gasteiger charge is 2.39. The highest BCUT2D eigenvalue weighted by molar-refractivity contribution is 5.90. The average Bonchev–Trinajstić information content (AvgIpc) is 3.27. The van der Waals surface area contributed by atoms with E-state index < -0.39 is 0 Å². The fourth-order valence-corrected chi connectivity index (χ4v) is 4.40. The van der Waals surface area contributed by atoms with Gasteiger partial charge in [-0.05, 0) is 38.1 Å². The molecule has 0 aromatic carbocycles. The Labute approximate surface area is 150 Å². The maximum absolute atomic E-state index is 4.96. The fraction of sp³-hybridized carbons (Fsp3) is 0.737. The number of hydrogen-bond acceptors (Lipinski definition) is 5. The standard InChI is InChI=1S/C19H30N6/c1-4-5-9-25-19-17(15(23-25)11-13(2)3)18(21-12-22-19)24-10-7-14-16(24)6-8-20-14/h12-14,16,20H,4-11H2,1-3H3/t14-,16-/m0/s1. The molecule has 0 bridgehead atoms. The van der Waals surface area contributed by atoms with E-state index in [-0.39, 0.29) is 0 Å². The first-order valence-corrected chi connectivity index (χ1v) is 9.89. The van der Waals surface area contributed by atoms with Crippen LogP contribution in [0.15, 0.2) is 6.33 Å². The minimum atomic E-state index is 0.573. The first-order valence-electron chi connectivity index (χ1n) is 9.89. The van der Waals surface area contributed by atoms with Gasteiger partial charge in [0.25, 0.3) is 0 Å². The Kier molecular flexibility index (Phi) is 4.63. The van der Waals surface area contributed by atoms with Crippen molar-refractivity contribution < 1.29 is 0 Å². The Morgan fingerprint density at radius 2 is 2.16 bits per heavy atom. The number of anilines is 1. The van der Waals surface area contributed by atoms with E-state index in [1.807, 2.05) is 0 Å². The molecule has 2 aliphatic heterocycles. The van der Waals surface area contributed by atoms with E-state index in [2.05, 4.69) is 40.7 Å². The molecule has 2 aromatic rings. The van der Waals surface area contributed by atoms with Crippen LogP contribution in [-0.4, -0.2) is 44.9 Å². The zero-order valence-electron chi connectivity index (χ0n) is 15.7. The van der Waals surface area contributed by atoms with Gasteiger partial charge < -0.3 is 10.2 Å². The van der Waals surface area contributed by atoms with Gasteiger partial charge in [0.05, 0.1) is 11.1 Å². The molecule has 0 aliphatic carbocycles. The summed E-state index contributed by atoms with van der Waals surface area (Å²) in [7, 11) is 0. The lowest BCUT2D eigenvalue weighted by Gasteiger charge is -2.25. The van der Waals surface area contributed by atoms with E-state index in [0.717, 1.165) is 43.9 Å². The minimum Gasteiger partial charge on any atom is -0.351 e. The second-order valence-electron chi connectivity index (χ2n) is 7.92. The molecule has 2 saturated heterocycles. The Morgan fingerprint density at radius 1 is 1.28 bits per heavy atom. The van der Waals surface area contributed by atoms with Gasteiger partial charge in [0, 0.05) is 25.2 Å². The van der Waals surface area contributed by atoms with Crippen molar-refractivity contribution in [3.8, 4) is 0 Å². The van der Waals surface area contributed by atoms with Crippen molar-refractivity contribution in [2.75, 3.05) is 18.0 Å². The topological polar surface area (TPSA) is 58.9 Å². The summed E-state index contributed by atoms with van der Waals surface area (Å²) in [6.07, 6.45) is 7.43. The summed E-state index contributed by atoms with van der Waals surface area (Å²) in [5.74, 6) is 1.69. The summed E-state index contributed by atoms with van der Waals surface area (Å²) in [5, 5.41) is 9.79. The lowest BCUT2D eigenvalue weighted by molar-refractivity contribution is 0.562. The zero-order chi connectivity index (χ0) is 17.4. The number of hydrogen-bond donors (Lipinski definition) is 1. The Balaban J connectivity index is 1.79. The smallest absolute Gasteiger partial charge is 0.163 e. The Morgan fingerprint density at radius 3 is 2.96 bits per heavy atom. The van der Waals surface area contributed by atoms with Crippen molar-refractivity contribution in [2.24, 2.45) is 5.92 Å². The summed E-state index contributed by atoms with van der Waals surface area (Å²) >= 11 is 0. The van der Waals surface area contributed by atoms with Crippen molar-refractivity contribution in [1.29, 1.82) is 0 Å². The van der Waals surface area contributed by atoms with E-state index in [1.54, 1.807) is 6.33 Å². The van der Waals surface area contributed by atoms with Crippen LogP contribution >= 0.6 is 0 Å². The zero-order valence-corrected chi connectivity index (χ0v) is 15.7. The molecule has 0 radical (unpaired) electrons. The number of aromatic nitrogens is 4. The van der Waals surface area contributed by atoms with Crippen LogP contribution in [0.3, 0.4) is 0 Å². The molecule has 0 amide bonds. The maximum atomic E-state index is 4.96. The average molecular weight is 342 g/mol. The summed E-state index contributed by atoms with van der Waals surface area (Å²) in [6, 6.07) is 1.19. The minimum absolute atomic E-state index is 0.573. The van der Waals surface area contributed by atoms with Crippen LogP contribution in [0.5, 0.6) is 0 Å². The number of fused-ring (bicyclic) bond motifs is 2. The predicted molar refractivity (Wildman–Crippen MR) is 101 cm³/mol. The molecule has 136 valence electrons. The van der Waals surface area contributed by atoms with Gasteiger partial charge in [-0.15, -0.1) is 0 Å². The number of aryl methyl sites for hydroxylation is 1. The van der Waals surface area contributed by atoms with Gasteiger partial charge in [-0.1, -0.05) is 27.2 Å². The molecule has 2 fully saturated rings. The molecule has 0 unspecified atom stereocenters. The summed E-state index contributed by atoms with van der Waals surface area (Å²) in [6.45, 7) is 9.87. The molecule has 25 heavy (non-hydrogen) atoms. The van der Waals surface area contributed by atoms with Crippen LogP contribution < -0.4 is 10.2 Å². The lowest BCUT2D eigenvalue weighted by Crippen LogP contribution is -2.34. The van der Waals surface area contributed by atoms with Crippen LogP contribution in [0.1, 0.15) is 52.1 Å². The van der Waals surface area contributed by atoms with Crippen LogP contribution in [0.25, 0.3) is 11.0 Å². The number of nitrogens with one attached hydrogen (secondary N) is 1. The van der Waals surface area contributed by atoms with E-state index in [4.69, 9.17) is 10.1 Å². The molecule has 2 aromatic heterocycles. The van der Waals surface area contributed by atoms with Gasteiger partial charge in [0.2, 0.25) is 0 Å². The quantitative estimate of drug-likeness (QED) is 0.875. The summed E-state index contributed by atoms with van der Waals surface area (Å²) in [4.78, 5) is 11.9. The third-order valence-electron chi connectivity index (χ3n) is 5.57. The third-order valence-corrected chi connectivity index (χ3v) is 5.57. The van der Waals surface area contributed by atoms with E-state index in [1.165, 1.54) is 30.3 Å². The SMILES string of the molecule is CCCCn1nc(CC(C)C)c2c(N3CC[C@@H]4NCC[C@@H]43)ncnc21. The molecule has 4 rings (SSSR count). The molecule has 6 heteroatoms. The summed E-state index contributed by atoms with van der Waals surface area (Å²) < 4.78 is 2.11. The van der Waals surface area contributed by atoms with Gasteiger partial charge in [0.15, 0.2) is 5.65 Å². The Bertz CT molecular complexity index is 737. The summed E-state index contributed by atoms with van der Waals surface area (Å²) in [5.41, 5.74) is 2.19. The largest absolute Gasteiger partial charge is 0.351 e. The van der Waals surface area contributed by atoms with Gasteiger partial charge in [-0.25, -0.2) is 14.6 Å². The van der Waals surface area contributed by atoms with Crippen molar-refractivity contribution in [1.82, 2.24) is 25.1 Å². The molecule has 4 heterocycles. The normalized spacial score (nSPS) is 23.1. The highest BCUT2D eigenvalue weighted by Crippen LogP contribution is 2.35. The lowest BCUT2D eigenvalue weighted by atomic mass is 10.1. The molecular weight excluding hydrogens is 312 g/mol. The molecule has 6 nitrogen and oxygen atoms in total. The van der Waals surface area contributed by atoms with E-state index >= 15 is 0 Å². The van der Waals surface area contributed by atoms with Crippen LogP contribution in [-0.2, 0) is 13.0 Å². The third kappa shape index (κ3) is 3.01. The molecular formula is C19H30N6. The number of unbranched alkanes of at least 4 members (excludes halogenated alkanes) is 1. The fourth-order valence-electron chi connectivity index (χ4n) is 4.40. The second kappa shape index (κ2) is 6.90. The molecule has 1 N–H and O–H groups in total. The van der Waals surface area contributed by atoms with E-state index in [0.29, 0.717) is 18.0 Å². The monoisotopic (exact) mass is 342 g/mol.